The molecule has 0 aromatic rings. The Bertz CT molecular complexity index is 367. The van der Waals surface area contributed by atoms with E-state index in [4.69, 9.17) is 0 Å². The molecule has 18 heavy (non-hydrogen) atoms. The fourth-order valence-corrected chi connectivity index (χ4v) is 3.79. The van der Waals surface area contributed by atoms with Crippen molar-refractivity contribution in [3.8, 4) is 0 Å². The number of carboxylic acid groups (broad SMARTS) is 1. The summed E-state index contributed by atoms with van der Waals surface area (Å²) in [7, 11) is 0. The fraction of sp³-hybridized carbons (Fsp3) is 0.846. The van der Waals surface area contributed by atoms with E-state index in [0.29, 0.717) is 12.0 Å². The van der Waals surface area contributed by atoms with Crippen molar-refractivity contribution in [3.05, 3.63) is 0 Å². The monoisotopic (exact) mass is 252 g/mol. The second-order valence-electron chi connectivity index (χ2n) is 5.97. The van der Waals surface area contributed by atoms with Gasteiger partial charge in [0, 0.05) is 12.1 Å². The van der Waals surface area contributed by atoms with E-state index in [0.717, 1.165) is 32.1 Å². The highest BCUT2D eigenvalue weighted by Gasteiger charge is 2.51. The number of rotatable bonds is 3. The van der Waals surface area contributed by atoms with Crippen molar-refractivity contribution in [3.63, 3.8) is 0 Å². The quantitative estimate of drug-likeness (QED) is 0.709. The number of nitrogens with one attached hydrogen (secondary N) is 2. The largest absolute Gasteiger partial charge is 0.481 e. The van der Waals surface area contributed by atoms with Gasteiger partial charge < -0.3 is 15.7 Å². The zero-order valence-electron chi connectivity index (χ0n) is 10.4. The molecule has 3 rings (SSSR count). The van der Waals surface area contributed by atoms with Gasteiger partial charge in [-0.05, 0) is 50.4 Å². The predicted octanol–water partition coefficient (Wildman–Crippen LogP) is 1.34. The minimum atomic E-state index is -0.754. The molecule has 4 unspecified atom stereocenters. The molecule has 2 amide bonds. The number of urea groups is 1. The number of hydrogen-bond acceptors (Lipinski definition) is 2. The molecule has 5 nitrogen and oxygen atoms in total. The van der Waals surface area contributed by atoms with E-state index in [1.165, 1.54) is 6.42 Å². The molecular formula is C13H20N2O3. The molecule has 0 heterocycles. The number of aliphatic carboxylic acids is 1. The molecular weight excluding hydrogens is 232 g/mol. The summed E-state index contributed by atoms with van der Waals surface area (Å²) in [6.07, 6.45) is 6.30. The summed E-state index contributed by atoms with van der Waals surface area (Å²) in [6.45, 7) is 0. The van der Waals surface area contributed by atoms with Crippen LogP contribution >= 0.6 is 0 Å². The summed E-state index contributed by atoms with van der Waals surface area (Å²) in [5, 5.41) is 15.1. The number of fused-ring (bicyclic) bond motifs is 2. The van der Waals surface area contributed by atoms with Gasteiger partial charge in [0.15, 0.2) is 0 Å². The normalized spacial score (nSPS) is 38.2. The Kier molecular flexibility index (Phi) is 2.92. The van der Waals surface area contributed by atoms with E-state index >= 15 is 0 Å². The van der Waals surface area contributed by atoms with Crippen molar-refractivity contribution in [1.29, 1.82) is 0 Å². The summed E-state index contributed by atoms with van der Waals surface area (Å²) >= 11 is 0. The minimum Gasteiger partial charge on any atom is -0.481 e. The second-order valence-corrected chi connectivity index (χ2v) is 5.97. The third-order valence-corrected chi connectivity index (χ3v) is 4.94. The molecule has 100 valence electrons. The van der Waals surface area contributed by atoms with Gasteiger partial charge in [-0.25, -0.2) is 4.79 Å². The molecule has 3 fully saturated rings. The molecule has 0 spiro atoms. The number of carboxylic acids is 1. The predicted molar refractivity (Wildman–Crippen MR) is 65.1 cm³/mol. The van der Waals surface area contributed by atoms with Crippen LogP contribution in [0.25, 0.3) is 0 Å². The Morgan fingerprint density at radius 3 is 2.33 bits per heavy atom. The molecule has 0 radical (unpaired) electrons. The van der Waals surface area contributed by atoms with Gasteiger partial charge in [-0.1, -0.05) is 0 Å². The Balaban J connectivity index is 1.60. The summed E-state index contributed by atoms with van der Waals surface area (Å²) in [5.74, 6) is -0.503. The van der Waals surface area contributed by atoms with Crippen LogP contribution in [0.3, 0.4) is 0 Å². The maximum absolute atomic E-state index is 11.8. The smallest absolute Gasteiger partial charge is 0.315 e. The van der Waals surface area contributed by atoms with E-state index in [9.17, 15) is 14.7 Å². The molecule has 3 aliphatic rings. The van der Waals surface area contributed by atoms with Crippen LogP contribution in [0, 0.1) is 17.8 Å². The van der Waals surface area contributed by atoms with Crippen LogP contribution in [-0.4, -0.2) is 29.2 Å². The zero-order chi connectivity index (χ0) is 12.7. The average molecular weight is 252 g/mol. The highest BCUT2D eigenvalue weighted by molar-refractivity contribution is 5.77. The van der Waals surface area contributed by atoms with Crippen LogP contribution in [0.15, 0.2) is 0 Å². The van der Waals surface area contributed by atoms with Crippen molar-refractivity contribution in [2.75, 3.05) is 0 Å². The first-order chi connectivity index (χ1) is 8.65. The van der Waals surface area contributed by atoms with Crippen molar-refractivity contribution >= 4 is 12.0 Å². The molecule has 3 saturated carbocycles. The van der Waals surface area contributed by atoms with Crippen LogP contribution in [0.5, 0.6) is 0 Å². The Morgan fingerprint density at radius 2 is 1.72 bits per heavy atom. The highest BCUT2D eigenvalue weighted by Crippen LogP contribution is 2.48. The first-order valence-corrected chi connectivity index (χ1v) is 6.95. The first kappa shape index (κ1) is 11.8. The molecule has 4 atom stereocenters. The molecule has 0 aliphatic heterocycles. The van der Waals surface area contributed by atoms with Crippen LogP contribution < -0.4 is 10.6 Å². The second kappa shape index (κ2) is 4.44. The third-order valence-electron chi connectivity index (χ3n) is 4.94. The van der Waals surface area contributed by atoms with Gasteiger partial charge in [0.1, 0.15) is 0 Å². The van der Waals surface area contributed by atoms with Gasteiger partial charge in [-0.2, -0.15) is 0 Å². The maximum Gasteiger partial charge on any atom is 0.315 e. The lowest BCUT2D eigenvalue weighted by molar-refractivity contribution is -0.144. The van der Waals surface area contributed by atoms with Crippen LogP contribution in [0.2, 0.25) is 0 Å². The lowest BCUT2D eigenvalue weighted by atomic mass is 9.84. The SMILES string of the molecule is O=C(NC1CCC1)NC1C2CCC(C2)C1C(=O)O. The third kappa shape index (κ3) is 1.95. The Labute approximate surface area is 106 Å². The van der Waals surface area contributed by atoms with Gasteiger partial charge >= 0.3 is 12.0 Å². The van der Waals surface area contributed by atoms with Crippen molar-refractivity contribution in [2.24, 2.45) is 17.8 Å². The van der Waals surface area contributed by atoms with Gasteiger partial charge in [-0.15, -0.1) is 0 Å². The average Bonchev–Trinajstić information content (AvgIpc) is 2.83. The molecule has 3 N–H and O–H groups in total. The van der Waals surface area contributed by atoms with Gasteiger partial charge in [0.05, 0.1) is 5.92 Å². The fourth-order valence-electron chi connectivity index (χ4n) is 3.79. The van der Waals surface area contributed by atoms with Gasteiger partial charge in [0.25, 0.3) is 0 Å². The van der Waals surface area contributed by atoms with Crippen LogP contribution in [0.1, 0.15) is 38.5 Å². The van der Waals surface area contributed by atoms with Crippen molar-refractivity contribution in [1.82, 2.24) is 10.6 Å². The summed E-state index contributed by atoms with van der Waals surface area (Å²) < 4.78 is 0. The lowest BCUT2D eigenvalue weighted by Gasteiger charge is -2.31. The van der Waals surface area contributed by atoms with Crippen molar-refractivity contribution in [2.45, 2.75) is 50.6 Å². The standard InChI is InChI=1S/C13H20N2O3/c16-12(17)10-7-4-5-8(6-7)11(10)15-13(18)14-9-2-1-3-9/h7-11H,1-6H2,(H,16,17)(H2,14,15,18). The lowest BCUT2D eigenvalue weighted by Crippen LogP contribution is -2.53. The molecule has 0 aromatic carbocycles. The van der Waals surface area contributed by atoms with E-state index in [2.05, 4.69) is 10.6 Å². The number of amides is 2. The Hall–Kier alpha value is -1.26. The topological polar surface area (TPSA) is 78.4 Å². The minimum absolute atomic E-state index is 0.165. The molecule has 3 aliphatic carbocycles. The van der Waals surface area contributed by atoms with Gasteiger partial charge in [-0.3, -0.25) is 4.79 Å². The number of carbonyl (C=O) groups excluding carboxylic acids is 1. The van der Waals surface area contributed by atoms with E-state index in [1.54, 1.807) is 0 Å². The van der Waals surface area contributed by atoms with E-state index < -0.39 is 5.97 Å². The number of carbonyl (C=O) groups is 2. The van der Waals surface area contributed by atoms with Gasteiger partial charge in [0.2, 0.25) is 0 Å². The number of hydrogen-bond donors (Lipinski definition) is 3. The van der Waals surface area contributed by atoms with Crippen LogP contribution in [0.4, 0.5) is 4.79 Å². The first-order valence-electron chi connectivity index (χ1n) is 6.95. The Morgan fingerprint density at radius 1 is 1.00 bits per heavy atom. The van der Waals surface area contributed by atoms with Crippen LogP contribution in [-0.2, 0) is 4.79 Å². The van der Waals surface area contributed by atoms with Crippen molar-refractivity contribution < 1.29 is 14.7 Å². The molecule has 0 aromatic heterocycles. The molecule has 0 saturated heterocycles. The summed E-state index contributed by atoms with van der Waals surface area (Å²) in [4.78, 5) is 23.1. The summed E-state index contributed by atoms with van der Waals surface area (Å²) in [5.41, 5.74) is 0. The van der Waals surface area contributed by atoms with E-state index in [-0.39, 0.29) is 23.9 Å². The molecule has 2 bridgehead atoms. The maximum atomic E-state index is 11.8. The molecule has 5 heteroatoms. The zero-order valence-corrected chi connectivity index (χ0v) is 10.4. The van der Waals surface area contributed by atoms with E-state index in [1.807, 2.05) is 0 Å². The highest BCUT2D eigenvalue weighted by atomic mass is 16.4. The summed E-state index contributed by atoms with van der Waals surface area (Å²) in [6, 6.07) is -0.0447.